The molecule has 0 aliphatic carbocycles. The summed E-state index contributed by atoms with van der Waals surface area (Å²) in [5.74, 6) is 0.197. The van der Waals surface area contributed by atoms with Crippen molar-refractivity contribution >= 4 is 22.7 Å². The predicted molar refractivity (Wildman–Crippen MR) is 119 cm³/mol. The van der Waals surface area contributed by atoms with Gasteiger partial charge in [0.2, 0.25) is 0 Å². The molecule has 6 heteroatoms. The molecule has 0 radical (unpaired) electrons. The number of likely N-dealkylation sites (tertiary alicyclic amines) is 1. The second-order valence-corrected chi connectivity index (χ2v) is 8.65. The van der Waals surface area contributed by atoms with Crippen molar-refractivity contribution in [2.45, 2.75) is 38.8 Å². The zero-order valence-electron chi connectivity index (χ0n) is 17.6. The van der Waals surface area contributed by atoms with Crippen molar-refractivity contribution in [1.29, 1.82) is 0 Å². The molecule has 4 rings (SSSR count). The van der Waals surface area contributed by atoms with Gasteiger partial charge in [-0.05, 0) is 51.5 Å². The van der Waals surface area contributed by atoms with E-state index in [0.29, 0.717) is 24.3 Å². The van der Waals surface area contributed by atoms with Crippen molar-refractivity contribution in [3.05, 3.63) is 54.6 Å². The molecule has 1 aromatic heterocycles. The van der Waals surface area contributed by atoms with Gasteiger partial charge in [-0.3, -0.25) is 0 Å². The number of aromatic nitrogens is 1. The van der Waals surface area contributed by atoms with Crippen LogP contribution < -0.4 is 5.32 Å². The molecule has 156 valence electrons. The molecule has 6 nitrogen and oxygen atoms in total. The quantitative estimate of drug-likeness (QED) is 0.639. The van der Waals surface area contributed by atoms with E-state index in [1.54, 1.807) is 17.0 Å². The number of hydrogen-bond donors (Lipinski definition) is 2. The lowest BCUT2D eigenvalue weighted by Gasteiger charge is -2.24. The molecule has 1 amide bonds. The molecule has 0 bridgehead atoms. The van der Waals surface area contributed by atoms with Gasteiger partial charge in [-0.25, -0.2) is 9.78 Å². The number of ether oxygens (including phenoxy) is 1. The molecule has 1 saturated heterocycles. The molecule has 1 fully saturated rings. The van der Waals surface area contributed by atoms with Crippen LogP contribution in [0.4, 0.5) is 10.5 Å². The van der Waals surface area contributed by atoms with Crippen LogP contribution in [0, 0.1) is 0 Å². The summed E-state index contributed by atoms with van der Waals surface area (Å²) >= 11 is 0. The number of carbonyl (C=O) groups is 1. The molecule has 2 aromatic carbocycles. The monoisotopic (exact) mass is 405 g/mol. The number of amides is 1. The molecule has 1 atom stereocenters. The summed E-state index contributed by atoms with van der Waals surface area (Å²) in [6.07, 6.45) is 0.559. The fourth-order valence-corrected chi connectivity index (χ4v) is 3.71. The Kier molecular flexibility index (Phi) is 5.24. The third kappa shape index (κ3) is 4.32. The largest absolute Gasteiger partial charge is 0.507 e. The van der Waals surface area contributed by atoms with Crippen LogP contribution in [0.1, 0.15) is 27.2 Å². The lowest BCUT2D eigenvalue weighted by Crippen LogP contribution is -2.36. The first-order valence-electron chi connectivity index (χ1n) is 10.2. The number of phenols is 1. The number of aromatic hydroxyl groups is 1. The molecular formula is C24H27N3O3. The summed E-state index contributed by atoms with van der Waals surface area (Å²) in [7, 11) is 0. The lowest BCUT2D eigenvalue weighted by atomic mass is 10.1. The van der Waals surface area contributed by atoms with Gasteiger partial charge >= 0.3 is 6.09 Å². The zero-order chi connectivity index (χ0) is 21.3. The Bertz CT molecular complexity index is 1070. The van der Waals surface area contributed by atoms with E-state index in [1.807, 2.05) is 63.2 Å². The molecule has 2 N–H and O–H groups in total. The normalized spacial score (nSPS) is 16.6. The third-order valence-corrected chi connectivity index (χ3v) is 5.10. The van der Waals surface area contributed by atoms with Crippen LogP contribution in [-0.2, 0) is 4.74 Å². The van der Waals surface area contributed by atoms with Gasteiger partial charge < -0.3 is 20.1 Å². The standard InChI is InChI=1S/C24H27N3O3/c1-24(2,3)30-23(29)27-13-12-16(15-27)25-20-14-21(18-9-5-7-11-22(18)28)26-19-10-6-4-8-17(19)20/h4-11,14,16,28H,12-13,15H2,1-3H3,(H,25,26)/t16-/m0/s1. The minimum absolute atomic E-state index is 0.112. The van der Waals surface area contributed by atoms with Crippen LogP contribution in [0.25, 0.3) is 22.2 Å². The van der Waals surface area contributed by atoms with Crippen LogP contribution in [0.2, 0.25) is 0 Å². The zero-order valence-corrected chi connectivity index (χ0v) is 17.6. The maximum absolute atomic E-state index is 12.4. The summed E-state index contributed by atoms with van der Waals surface area (Å²) < 4.78 is 5.50. The minimum Gasteiger partial charge on any atom is -0.507 e. The summed E-state index contributed by atoms with van der Waals surface area (Å²) in [6, 6.07) is 17.2. The summed E-state index contributed by atoms with van der Waals surface area (Å²) in [5.41, 5.74) is 2.68. The summed E-state index contributed by atoms with van der Waals surface area (Å²) in [4.78, 5) is 18.9. The van der Waals surface area contributed by atoms with Crippen molar-refractivity contribution in [1.82, 2.24) is 9.88 Å². The number of anilines is 1. The Morgan fingerprint density at radius 3 is 2.67 bits per heavy atom. The van der Waals surface area contributed by atoms with E-state index < -0.39 is 5.60 Å². The SMILES string of the molecule is CC(C)(C)OC(=O)N1CC[C@H](Nc2cc(-c3ccccc3O)nc3ccccc23)C1. The second-order valence-electron chi connectivity index (χ2n) is 8.65. The van der Waals surface area contributed by atoms with Gasteiger partial charge in [0.25, 0.3) is 0 Å². The third-order valence-electron chi connectivity index (χ3n) is 5.10. The average Bonchev–Trinajstić information content (AvgIpc) is 3.16. The molecule has 2 heterocycles. The number of hydrogen-bond acceptors (Lipinski definition) is 5. The van der Waals surface area contributed by atoms with Crippen molar-refractivity contribution in [2.24, 2.45) is 0 Å². The number of fused-ring (bicyclic) bond motifs is 1. The molecule has 30 heavy (non-hydrogen) atoms. The van der Waals surface area contributed by atoms with E-state index >= 15 is 0 Å². The molecule has 1 aliphatic rings. The van der Waals surface area contributed by atoms with Crippen LogP contribution in [0.5, 0.6) is 5.75 Å². The Labute approximate surface area is 176 Å². The van der Waals surface area contributed by atoms with E-state index in [1.165, 1.54) is 0 Å². The van der Waals surface area contributed by atoms with E-state index in [0.717, 1.165) is 23.0 Å². The predicted octanol–water partition coefficient (Wildman–Crippen LogP) is 5.03. The number of nitrogens with zero attached hydrogens (tertiary/aromatic N) is 2. The number of rotatable bonds is 3. The maximum Gasteiger partial charge on any atom is 0.410 e. The van der Waals surface area contributed by atoms with Crippen LogP contribution in [-0.4, -0.2) is 45.8 Å². The average molecular weight is 405 g/mol. The summed E-state index contributed by atoms with van der Waals surface area (Å²) in [6.45, 7) is 6.86. The van der Waals surface area contributed by atoms with Gasteiger partial charge in [0.05, 0.1) is 11.2 Å². The highest BCUT2D eigenvalue weighted by molar-refractivity contribution is 5.94. The molecule has 0 spiro atoms. The number of carbonyl (C=O) groups excluding carboxylic acids is 1. The highest BCUT2D eigenvalue weighted by Crippen LogP contribution is 2.33. The van der Waals surface area contributed by atoms with E-state index in [9.17, 15) is 9.90 Å². The smallest absolute Gasteiger partial charge is 0.410 e. The van der Waals surface area contributed by atoms with Gasteiger partial charge in [-0.2, -0.15) is 0 Å². The van der Waals surface area contributed by atoms with Crippen molar-refractivity contribution < 1.29 is 14.6 Å². The highest BCUT2D eigenvalue weighted by Gasteiger charge is 2.30. The van der Waals surface area contributed by atoms with Crippen LogP contribution >= 0.6 is 0 Å². The Morgan fingerprint density at radius 2 is 1.90 bits per heavy atom. The highest BCUT2D eigenvalue weighted by atomic mass is 16.6. The Balaban J connectivity index is 1.60. The van der Waals surface area contributed by atoms with Gasteiger partial charge in [0.1, 0.15) is 11.4 Å². The fourth-order valence-electron chi connectivity index (χ4n) is 3.71. The first-order valence-corrected chi connectivity index (χ1v) is 10.2. The molecule has 3 aromatic rings. The Morgan fingerprint density at radius 1 is 1.17 bits per heavy atom. The second kappa shape index (κ2) is 7.86. The summed E-state index contributed by atoms with van der Waals surface area (Å²) in [5, 5.41) is 14.9. The van der Waals surface area contributed by atoms with Crippen LogP contribution in [0.15, 0.2) is 54.6 Å². The van der Waals surface area contributed by atoms with Gasteiger partial charge in [0.15, 0.2) is 0 Å². The minimum atomic E-state index is -0.503. The first-order chi connectivity index (χ1) is 14.3. The molecule has 0 saturated carbocycles. The topological polar surface area (TPSA) is 74.7 Å². The van der Waals surface area contributed by atoms with Crippen molar-refractivity contribution in [3.8, 4) is 17.0 Å². The number of para-hydroxylation sites is 2. The number of pyridine rings is 1. The van der Waals surface area contributed by atoms with Crippen LogP contribution in [0.3, 0.4) is 0 Å². The molecule has 0 unspecified atom stereocenters. The van der Waals surface area contributed by atoms with Crippen molar-refractivity contribution in [3.63, 3.8) is 0 Å². The number of benzene rings is 2. The molecule has 1 aliphatic heterocycles. The van der Waals surface area contributed by atoms with E-state index in [4.69, 9.17) is 9.72 Å². The van der Waals surface area contributed by atoms with Gasteiger partial charge in [-0.15, -0.1) is 0 Å². The van der Waals surface area contributed by atoms with Gasteiger partial charge in [0, 0.05) is 35.8 Å². The first kappa shape index (κ1) is 20.0. The van der Waals surface area contributed by atoms with Gasteiger partial charge in [-0.1, -0.05) is 30.3 Å². The van der Waals surface area contributed by atoms with E-state index in [2.05, 4.69) is 5.32 Å². The lowest BCUT2D eigenvalue weighted by molar-refractivity contribution is 0.0293. The van der Waals surface area contributed by atoms with E-state index in [-0.39, 0.29) is 17.9 Å². The Hall–Kier alpha value is -3.28. The number of phenolic OH excluding ortho intramolecular Hbond substituents is 1. The maximum atomic E-state index is 12.4. The fraction of sp³-hybridized carbons (Fsp3) is 0.333. The number of nitrogens with one attached hydrogen (secondary N) is 1. The van der Waals surface area contributed by atoms with Crippen molar-refractivity contribution in [2.75, 3.05) is 18.4 Å². The molecular weight excluding hydrogens is 378 g/mol.